The van der Waals surface area contributed by atoms with Gasteiger partial charge in [-0.3, -0.25) is 0 Å². The number of imidazole rings is 1. The van der Waals surface area contributed by atoms with Crippen molar-refractivity contribution in [3.8, 4) is 0 Å². The van der Waals surface area contributed by atoms with Gasteiger partial charge in [0.05, 0.1) is 12.5 Å². The van der Waals surface area contributed by atoms with Crippen molar-refractivity contribution in [3.05, 3.63) is 54.2 Å². The minimum absolute atomic E-state index is 0.786. The number of nitrogens with zero attached hydrogens (tertiary/aromatic N) is 4. The molecule has 0 spiro atoms. The molecule has 0 fully saturated rings. The Labute approximate surface area is 112 Å². The maximum atomic E-state index is 4.48. The molecule has 4 nitrogen and oxygen atoms in total. The molecule has 1 aromatic carbocycles. The lowest BCUT2D eigenvalue weighted by Gasteiger charge is -2.04. The van der Waals surface area contributed by atoms with Gasteiger partial charge in [0.25, 0.3) is 0 Å². The lowest BCUT2D eigenvalue weighted by molar-refractivity contribution is 0.816. The number of benzene rings is 1. The molecule has 0 aliphatic carbocycles. The summed E-state index contributed by atoms with van der Waals surface area (Å²) in [4.78, 5) is 13.3. The fourth-order valence-corrected chi connectivity index (χ4v) is 2.14. The van der Waals surface area contributed by atoms with Crippen molar-refractivity contribution in [2.45, 2.75) is 26.3 Å². The van der Waals surface area contributed by atoms with Crippen LogP contribution in [0.5, 0.6) is 0 Å². The Kier molecular flexibility index (Phi) is 3.23. The molecule has 2 aromatic heterocycles. The molecule has 0 unspecified atom stereocenters. The first kappa shape index (κ1) is 11.8. The van der Waals surface area contributed by atoms with Crippen LogP contribution in [0.25, 0.3) is 11.2 Å². The van der Waals surface area contributed by atoms with E-state index in [0.717, 1.165) is 36.4 Å². The number of rotatable bonds is 4. The van der Waals surface area contributed by atoms with E-state index in [1.54, 1.807) is 0 Å². The summed E-state index contributed by atoms with van der Waals surface area (Å²) in [5.74, 6) is 0.875. The van der Waals surface area contributed by atoms with Crippen LogP contribution < -0.4 is 0 Å². The second-order valence-electron chi connectivity index (χ2n) is 4.60. The van der Waals surface area contributed by atoms with Gasteiger partial charge in [0, 0.05) is 13.0 Å². The van der Waals surface area contributed by atoms with Gasteiger partial charge in [-0.2, -0.15) is 0 Å². The number of aryl methyl sites for hydroxylation is 1. The zero-order valence-electron chi connectivity index (χ0n) is 11.0. The van der Waals surface area contributed by atoms with Gasteiger partial charge in [0.2, 0.25) is 0 Å². The van der Waals surface area contributed by atoms with Crippen LogP contribution in [0.1, 0.15) is 24.7 Å². The second-order valence-corrected chi connectivity index (χ2v) is 4.60. The molecule has 0 N–H and O–H groups in total. The van der Waals surface area contributed by atoms with Crippen LogP contribution in [0.2, 0.25) is 0 Å². The van der Waals surface area contributed by atoms with Gasteiger partial charge in [-0.1, -0.05) is 37.3 Å². The van der Waals surface area contributed by atoms with Crippen molar-refractivity contribution in [2.75, 3.05) is 0 Å². The summed E-state index contributed by atoms with van der Waals surface area (Å²) in [6.07, 6.45) is 5.67. The lowest BCUT2D eigenvalue weighted by Crippen LogP contribution is -1.99. The Morgan fingerprint density at radius 1 is 1.11 bits per heavy atom. The average molecular weight is 252 g/mol. The summed E-state index contributed by atoms with van der Waals surface area (Å²) in [6.45, 7) is 2.93. The zero-order chi connectivity index (χ0) is 13.1. The Bertz CT molecular complexity index is 673. The van der Waals surface area contributed by atoms with Crippen molar-refractivity contribution in [2.24, 2.45) is 0 Å². The number of hydrogen-bond donors (Lipinski definition) is 0. The molecule has 0 atom stereocenters. The predicted molar refractivity (Wildman–Crippen MR) is 74.9 cm³/mol. The van der Waals surface area contributed by atoms with Gasteiger partial charge in [-0.05, 0) is 12.0 Å². The van der Waals surface area contributed by atoms with E-state index < -0.39 is 0 Å². The predicted octanol–water partition coefficient (Wildman–Crippen LogP) is 2.83. The maximum Gasteiger partial charge on any atom is 0.181 e. The first-order valence-electron chi connectivity index (χ1n) is 6.57. The van der Waals surface area contributed by atoms with Crippen LogP contribution in [0.3, 0.4) is 0 Å². The zero-order valence-corrected chi connectivity index (χ0v) is 11.0. The number of hydrogen-bond acceptors (Lipinski definition) is 3. The van der Waals surface area contributed by atoms with Gasteiger partial charge >= 0.3 is 0 Å². The van der Waals surface area contributed by atoms with Crippen molar-refractivity contribution in [3.63, 3.8) is 0 Å². The van der Waals surface area contributed by atoms with Gasteiger partial charge in [0.1, 0.15) is 11.3 Å². The minimum Gasteiger partial charge on any atom is -0.323 e. The monoisotopic (exact) mass is 252 g/mol. The molecule has 3 aromatic rings. The first-order valence-corrected chi connectivity index (χ1v) is 6.57. The lowest BCUT2D eigenvalue weighted by atomic mass is 10.2. The van der Waals surface area contributed by atoms with E-state index in [0.29, 0.717) is 0 Å². The van der Waals surface area contributed by atoms with E-state index in [-0.39, 0.29) is 0 Å². The third-order valence-electron chi connectivity index (χ3n) is 3.10. The van der Waals surface area contributed by atoms with Crippen molar-refractivity contribution >= 4 is 11.2 Å². The molecule has 19 heavy (non-hydrogen) atoms. The Morgan fingerprint density at radius 2 is 1.95 bits per heavy atom. The average Bonchev–Trinajstić information content (AvgIpc) is 2.83. The highest BCUT2D eigenvalue weighted by Gasteiger charge is 2.06. The summed E-state index contributed by atoms with van der Waals surface area (Å²) >= 11 is 0. The van der Waals surface area contributed by atoms with Crippen LogP contribution >= 0.6 is 0 Å². The normalized spacial score (nSPS) is 11.0. The molecule has 0 saturated heterocycles. The van der Waals surface area contributed by atoms with Crippen LogP contribution in [0.4, 0.5) is 0 Å². The molecular formula is C15H16N4. The molecule has 0 aliphatic heterocycles. The molecular weight excluding hydrogens is 236 g/mol. The second kappa shape index (κ2) is 5.18. The van der Waals surface area contributed by atoms with Gasteiger partial charge in [-0.15, -0.1) is 0 Å². The molecule has 96 valence electrons. The molecule has 0 saturated carbocycles. The van der Waals surface area contributed by atoms with E-state index in [1.807, 2.05) is 30.7 Å². The van der Waals surface area contributed by atoms with E-state index >= 15 is 0 Å². The summed E-state index contributed by atoms with van der Waals surface area (Å²) in [6, 6.07) is 10.3. The smallest absolute Gasteiger partial charge is 0.181 e. The minimum atomic E-state index is 0.786. The summed E-state index contributed by atoms with van der Waals surface area (Å²) in [5.41, 5.74) is 3.03. The Morgan fingerprint density at radius 3 is 2.74 bits per heavy atom. The molecule has 0 bridgehead atoms. The molecule has 3 rings (SSSR count). The summed E-state index contributed by atoms with van der Waals surface area (Å²) in [5, 5.41) is 0. The van der Waals surface area contributed by atoms with Crippen molar-refractivity contribution in [1.29, 1.82) is 0 Å². The molecule has 0 radical (unpaired) electrons. The van der Waals surface area contributed by atoms with Gasteiger partial charge in [0.15, 0.2) is 5.65 Å². The third kappa shape index (κ3) is 2.47. The van der Waals surface area contributed by atoms with E-state index in [4.69, 9.17) is 0 Å². The van der Waals surface area contributed by atoms with Crippen molar-refractivity contribution < 1.29 is 0 Å². The van der Waals surface area contributed by atoms with Crippen LogP contribution in [-0.4, -0.2) is 19.5 Å². The number of aromatic nitrogens is 4. The summed E-state index contributed by atoms with van der Waals surface area (Å²) < 4.78 is 2.08. The fourth-order valence-electron chi connectivity index (χ4n) is 2.14. The topological polar surface area (TPSA) is 43.6 Å². The molecule has 4 heteroatoms. The van der Waals surface area contributed by atoms with Gasteiger partial charge in [-0.25, -0.2) is 15.0 Å². The van der Waals surface area contributed by atoms with Crippen LogP contribution in [0.15, 0.2) is 42.9 Å². The first-order chi connectivity index (χ1) is 9.36. The molecule has 0 amide bonds. The molecule has 0 aliphatic rings. The van der Waals surface area contributed by atoms with E-state index in [9.17, 15) is 0 Å². The Hall–Kier alpha value is -2.23. The van der Waals surface area contributed by atoms with E-state index in [2.05, 4.69) is 38.6 Å². The highest BCUT2D eigenvalue weighted by Crippen LogP contribution is 2.12. The maximum absolute atomic E-state index is 4.48. The quantitative estimate of drug-likeness (QED) is 0.717. The highest BCUT2D eigenvalue weighted by molar-refractivity contribution is 5.69. The SMILES string of the molecule is CCCc1ncc2c(ncn2Cc2ccccc2)n1. The third-order valence-corrected chi connectivity index (χ3v) is 3.10. The molecule has 2 heterocycles. The van der Waals surface area contributed by atoms with Crippen molar-refractivity contribution in [1.82, 2.24) is 19.5 Å². The van der Waals surface area contributed by atoms with Crippen LogP contribution in [-0.2, 0) is 13.0 Å². The largest absolute Gasteiger partial charge is 0.323 e. The fraction of sp³-hybridized carbons (Fsp3) is 0.267. The van der Waals surface area contributed by atoms with Crippen LogP contribution in [0, 0.1) is 0 Å². The standard InChI is InChI=1S/C15H16N4/c1-2-6-14-16-9-13-15(18-14)17-11-19(13)10-12-7-4-3-5-8-12/h3-5,7-9,11H,2,6,10H2,1H3. The van der Waals surface area contributed by atoms with Gasteiger partial charge < -0.3 is 4.57 Å². The van der Waals surface area contributed by atoms with E-state index in [1.165, 1.54) is 5.56 Å². The summed E-state index contributed by atoms with van der Waals surface area (Å²) in [7, 11) is 0. The Balaban J connectivity index is 1.93. The highest BCUT2D eigenvalue weighted by atomic mass is 15.1. The number of fused-ring (bicyclic) bond motifs is 1.